The molecule has 0 bridgehead atoms. The summed E-state index contributed by atoms with van der Waals surface area (Å²) in [5, 5.41) is 16.3. The number of imide groups is 1. The van der Waals surface area contributed by atoms with Crippen molar-refractivity contribution in [2.75, 3.05) is 37.0 Å². The van der Waals surface area contributed by atoms with Gasteiger partial charge in [-0.25, -0.2) is 4.79 Å². The maximum absolute atomic E-state index is 12.3. The zero-order valence-corrected chi connectivity index (χ0v) is 19.2. The molecule has 32 heavy (non-hydrogen) atoms. The molecule has 0 spiro atoms. The van der Waals surface area contributed by atoms with E-state index in [0.717, 1.165) is 35.2 Å². The number of anilines is 1. The Labute approximate surface area is 194 Å². The Hall–Kier alpha value is -2.89. The van der Waals surface area contributed by atoms with Crippen molar-refractivity contribution in [1.82, 2.24) is 25.4 Å². The normalized spacial score (nSPS) is 13.7. The van der Waals surface area contributed by atoms with E-state index in [0.29, 0.717) is 24.9 Å². The number of aromatic nitrogens is 3. The highest BCUT2D eigenvalue weighted by molar-refractivity contribution is 7.99. The lowest BCUT2D eigenvalue weighted by Gasteiger charge is -2.28. The number of urea groups is 1. The first-order valence-electron chi connectivity index (χ1n) is 10.2. The SMILES string of the molecule is Cc1ccccc1-n1c(SCC(=O)NC(=O)NCc2cccs2)nnc1N1CCOCC1. The first kappa shape index (κ1) is 22.3. The second-order valence-electron chi connectivity index (χ2n) is 7.10. The van der Waals surface area contributed by atoms with Gasteiger partial charge in [0, 0.05) is 18.0 Å². The van der Waals surface area contributed by atoms with E-state index < -0.39 is 11.9 Å². The van der Waals surface area contributed by atoms with Crippen molar-refractivity contribution < 1.29 is 14.3 Å². The molecule has 1 aromatic carbocycles. The van der Waals surface area contributed by atoms with E-state index in [2.05, 4.69) is 25.7 Å². The molecule has 1 saturated heterocycles. The average Bonchev–Trinajstić information content (AvgIpc) is 3.47. The third kappa shape index (κ3) is 5.47. The predicted octanol–water partition coefficient (Wildman–Crippen LogP) is 2.59. The number of carbonyl (C=O) groups excluding carboxylic acids is 2. The Morgan fingerprint density at radius 3 is 2.72 bits per heavy atom. The quantitative estimate of drug-likeness (QED) is 0.510. The number of hydrogen-bond donors (Lipinski definition) is 2. The highest BCUT2D eigenvalue weighted by atomic mass is 32.2. The molecule has 9 nitrogen and oxygen atoms in total. The number of nitrogens with zero attached hydrogens (tertiary/aromatic N) is 4. The van der Waals surface area contributed by atoms with Crippen LogP contribution in [-0.4, -0.2) is 58.8 Å². The maximum Gasteiger partial charge on any atom is 0.321 e. The summed E-state index contributed by atoms with van der Waals surface area (Å²) in [4.78, 5) is 27.5. The first-order valence-corrected chi connectivity index (χ1v) is 12.1. The third-order valence-corrected chi connectivity index (χ3v) is 6.66. The van der Waals surface area contributed by atoms with Gasteiger partial charge < -0.3 is 15.0 Å². The standard InChI is InChI=1S/C21H24N6O3S2/c1-15-5-2-3-7-17(15)27-20(26-8-10-30-11-9-26)24-25-21(27)32-14-18(28)23-19(29)22-13-16-6-4-12-31-16/h2-7,12H,8-11,13-14H2,1H3,(H2,22,23,28,29). The van der Waals surface area contributed by atoms with E-state index in [1.807, 2.05) is 53.3 Å². The van der Waals surface area contributed by atoms with Crippen LogP contribution in [0.25, 0.3) is 5.69 Å². The Morgan fingerprint density at radius 1 is 1.16 bits per heavy atom. The van der Waals surface area contributed by atoms with Gasteiger partial charge in [-0.3, -0.25) is 14.7 Å². The summed E-state index contributed by atoms with van der Waals surface area (Å²) in [5.74, 6) is 0.365. The lowest BCUT2D eigenvalue weighted by molar-refractivity contribution is -0.117. The number of rotatable bonds is 7. The Balaban J connectivity index is 1.43. The van der Waals surface area contributed by atoms with Gasteiger partial charge in [0.25, 0.3) is 0 Å². The van der Waals surface area contributed by atoms with Crippen LogP contribution in [-0.2, 0) is 16.1 Å². The molecular weight excluding hydrogens is 448 g/mol. The van der Waals surface area contributed by atoms with Crippen LogP contribution in [0.5, 0.6) is 0 Å². The monoisotopic (exact) mass is 472 g/mol. The fourth-order valence-corrected chi connectivity index (χ4v) is 4.65. The van der Waals surface area contributed by atoms with Crippen LogP contribution in [0.2, 0.25) is 0 Å². The van der Waals surface area contributed by atoms with Crippen molar-refractivity contribution in [3.63, 3.8) is 0 Å². The molecule has 1 aliphatic rings. The largest absolute Gasteiger partial charge is 0.378 e. The van der Waals surface area contributed by atoms with Crippen LogP contribution in [0.1, 0.15) is 10.4 Å². The molecular formula is C21H24N6O3S2. The number of morpholine rings is 1. The Morgan fingerprint density at radius 2 is 1.97 bits per heavy atom. The van der Waals surface area contributed by atoms with E-state index in [1.165, 1.54) is 11.8 Å². The zero-order chi connectivity index (χ0) is 22.3. The maximum atomic E-state index is 12.3. The van der Waals surface area contributed by atoms with Gasteiger partial charge in [-0.05, 0) is 30.0 Å². The summed E-state index contributed by atoms with van der Waals surface area (Å²) < 4.78 is 7.43. The van der Waals surface area contributed by atoms with E-state index >= 15 is 0 Å². The van der Waals surface area contributed by atoms with Crippen LogP contribution >= 0.6 is 23.1 Å². The molecule has 0 atom stereocenters. The number of thiophene rings is 1. The number of amides is 3. The molecule has 1 aliphatic heterocycles. The molecule has 0 saturated carbocycles. The van der Waals surface area contributed by atoms with Crippen LogP contribution < -0.4 is 15.5 Å². The number of aryl methyl sites for hydroxylation is 1. The molecule has 2 N–H and O–H groups in total. The van der Waals surface area contributed by atoms with Crippen LogP contribution in [0.3, 0.4) is 0 Å². The minimum absolute atomic E-state index is 0.0412. The molecule has 4 rings (SSSR count). The molecule has 2 aromatic heterocycles. The predicted molar refractivity (Wildman–Crippen MR) is 125 cm³/mol. The second-order valence-corrected chi connectivity index (χ2v) is 9.08. The molecule has 3 amide bonds. The Bertz CT molecular complexity index is 1060. The summed E-state index contributed by atoms with van der Waals surface area (Å²) in [6.07, 6.45) is 0. The van der Waals surface area contributed by atoms with Crippen molar-refractivity contribution in [3.05, 3.63) is 52.2 Å². The smallest absolute Gasteiger partial charge is 0.321 e. The molecule has 0 radical (unpaired) electrons. The molecule has 3 aromatic rings. The number of nitrogens with one attached hydrogen (secondary N) is 2. The fraction of sp³-hybridized carbons (Fsp3) is 0.333. The first-order chi connectivity index (χ1) is 15.6. The molecule has 168 valence electrons. The third-order valence-electron chi connectivity index (χ3n) is 4.86. The molecule has 0 aliphatic carbocycles. The number of hydrogen-bond acceptors (Lipinski definition) is 8. The fourth-order valence-electron chi connectivity index (χ4n) is 3.27. The molecule has 1 fully saturated rings. The number of ether oxygens (including phenoxy) is 1. The lowest BCUT2D eigenvalue weighted by Crippen LogP contribution is -2.39. The Kier molecular flexibility index (Phi) is 7.40. The number of benzene rings is 1. The van der Waals surface area contributed by atoms with Gasteiger partial charge in [-0.15, -0.1) is 21.5 Å². The zero-order valence-electron chi connectivity index (χ0n) is 17.6. The molecule has 3 heterocycles. The van der Waals surface area contributed by atoms with Gasteiger partial charge in [-0.1, -0.05) is 36.0 Å². The van der Waals surface area contributed by atoms with E-state index in [9.17, 15) is 9.59 Å². The number of para-hydroxylation sites is 1. The van der Waals surface area contributed by atoms with Gasteiger partial charge in [0.1, 0.15) is 0 Å². The summed E-state index contributed by atoms with van der Waals surface area (Å²) in [6.45, 7) is 5.11. The van der Waals surface area contributed by atoms with Crippen LogP contribution in [0, 0.1) is 6.92 Å². The van der Waals surface area contributed by atoms with Gasteiger partial charge in [-0.2, -0.15) is 0 Å². The topological polar surface area (TPSA) is 101 Å². The highest BCUT2D eigenvalue weighted by Gasteiger charge is 2.23. The van der Waals surface area contributed by atoms with Gasteiger partial charge in [0.05, 0.1) is 31.2 Å². The summed E-state index contributed by atoms with van der Waals surface area (Å²) in [7, 11) is 0. The second kappa shape index (κ2) is 10.6. The van der Waals surface area contributed by atoms with Gasteiger partial charge >= 0.3 is 6.03 Å². The average molecular weight is 473 g/mol. The lowest BCUT2D eigenvalue weighted by atomic mass is 10.2. The van der Waals surface area contributed by atoms with Crippen LogP contribution in [0.15, 0.2) is 46.9 Å². The summed E-state index contributed by atoms with van der Waals surface area (Å²) in [6, 6.07) is 11.3. The molecule has 11 heteroatoms. The molecule has 0 unspecified atom stereocenters. The highest BCUT2D eigenvalue weighted by Crippen LogP contribution is 2.28. The summed E-state index contributed by atoms with van der Waals surface area (Å²) in [5.41, 5.74) is 2.02. The van der Waals surface area contributed by atoms with Crippen molar-refractivity contribution in [3.8, 4) is 5.69 Å². The number of thioether (sulfide) groups is 1. The van der Waals surface area contributed by atoms with E-state index in [4.69, 9.17) is 4.74 Å². The summed E-state index contributed by atoms with van der Waals surface area (Å²) >= 11 is 2.79. The van der Waals surface area contributed by atoms with E-state index in [1.54, 1.807) is 11.3 Å². The van der Waals surface area contributed by atoms with Gasteiger partial charge in [0.2, 0.25) is 11.9 Å². The van der Waals surface area contributed by atoms with Crippen molar-refractivity contribution in [2.45, 2.75) is 18.6 Å². The minimum Gasteiger partial charge on any atom is -0.378 e. The number of carbonyl (C=O) groups is 2. The minimum atomic E-state index is -0.515. The van der Waals surface area contributed by atoms with Crippen molar-refractivity contribution in [1.29, 1.82) is 0 Å². The van der Waals surface area contributed by atoms with E-state index in [-0.39, 0.29) is 5.75 Å². The van der Waals surface area contributed by atoms with Gasteiger partial charge in [0.15, 0.2) is 5.16 Å². The van der Waals surface area contributed by atoms with Crippen molar-refractivity contribution in [2.24, 2.45) is 0 Å². The van der Waals surface area contributed by atoms with Crippen molar-refractivity contribution >= 4 is 41.0 Å². The van der Waals surface area contributed by atoms with Crippen LogP contribution in [0.4, 0.5) is 10.7 Å².